The molecule has 0 radical (unpaired) electrons. The van der Waals surface area contributed by atoms with E-state index in [2.05, 4.69) is 15.0 Å². The Morgan fingerprint density at radius 2 is 1.90 bits per heavy atom. The van der Waals surface area contributed by atoms with Gasteiger partial charge in [-0.15, -0.1) is 0 Å². The van der Waals surface area contributed by atoms with Gasteiger partial charge in [0.1, 0.15) is 11.5 Å². The Balaban J connectivity index is 1.54. The lowest BCUT2D eigenvalue weighted by atomic mass is 10.1. The molecule has 3 heterocycles. The highest BCUT2D eigenvalue weighted by molar-refractivity contribution is 5.58. The van der Waals surface area contributed by atoms with Crippen molar-refractivity contribution < 1.29 is 13.2 Å². The van der Waals surface area contributed by atoms with Crippen molar-refractivity contribution in [2.75, 3.05) is 12.3 Å². The van der Waals surface area contributed by atoms with E-state index < -0.39 is 11.9 Å². The summed E-state index contributed by atoms with van der Waals surface area (Å²) >= 11 is 0. The van der Waals surface area contributed by atoms with E-state index in [0.717, 1.165) is 11.6 Å². The summed E-state index contributed by atoms with van der Waals surface area (Å²) in [4.78, 5) is 25.4. The van der Waals surface area contributed by atoms with Crippen LogP contribution in [0.5, 0.6) is 0 Å². The molecule has 0 saturated heterocycles. The molecule has 29 heavy (non-hydrogen) atoms. The number of hydrogen-bond donors (Lipinski definition) is 2. The van der Waals surface area contributed by atoms with Crippen molar-refractivity contribution in [1.82, 2.24) is 19.9 Å². The molecule has 9 heteroatoms. The van der Waals surface area contributed by atoms with Crippen LogP contribution in [0.3, 0.4) is 0 Å². The quantitative estimate of drug-likeness (QED) is 0.659. The first-order chi connectivity index (χ1) is 13.8. The van der Waals surface area contributed by atoms with Gasteiger partial charge in [-0.2, -0.15) is 13.2 Å². The highest BCUT2D eigenvalue weighted by atomic mass is 19.4. The van der Waals surface area contributed by atoms with E-state index in [0.29, 0.717) is 54.4 Å². The smallest absolute Gasteiger partial charge is 0.399 e. The molecular formula is C20H18F3N5O. The fourth-order valence-corrected chi connectivity index (χ4v) is 3.35. The lowest BCUT2D eigenvalue weighted by molar-refractivity contribution is -0.141. The molecule has 0 aliphatic carbocycles. The van der Waals surface area contributed by atoms with Crippen LogP contribution in [0, 0.1) is 0 Å². The van der Waals surface area contributed by atoms with Gasteiger partial charge in [-0.05, 0) is 42.3 Å². The van der Waals surface area contributed by atoms with Gasteiger partial charge in [0.15, 0.2) is 0 Å². The van der Waals surface area contributed by atoms with Gasteiger partial charge >= 0.3 is 6.18 Å². The second-order valence-electron chi connectivity index (χ2n) is 6.97. The van der Waals surface area contributed by atoms with Crippen LogP contribution in [0.25, 0.3) is 11.4 Å². The van der Waals surface area contributed by atoms with Gasteiger partial charge in [-0.1, -0.05) is 6.07 Å². The molecule has 0 atom stereocenters. The summed E-state index contributed by atoms with van der Waals surface area (Å²) in [6, 6.07) is 9.45. The van der Waals surface area contributed by atoms with Crippen molar-refractivity contribution in [2.24, 2.45) is 0 Å². The zero-order valence-corrected chi connectivity index (χ0v) is 15.3. The second kappa shape index (κ2) is 7.32. The molecule has 0 amide bonds. The van der Waals surface area contributed by atoms with E-state index >= 15 is 0 Å². The predicted octanol–water partition coefficient (Wildman–Crippen LogP) is 2.99. The summed E-state index contributed by atoms with van der Waals surface area (Å²) in [5.41, 5.74) is 7.98. The summed E-state index contributed by atoms with van der Waals surface area (Å²) in [7, 11) is 0. The molecule has 3 N–H and O–H groups in total. The summed E-state index contributed by atoms with van der Waals surface area (Å²) in [6.07, 6.45) is -2.69. The Morgan fingerprint density at radius 1 is 1.14 bits per heavy atom. The van der Waals surface area contributed by atoms with E-state index in [-0.39, 0.29) is 5.56 Å². The summed E-state index contributed by atoms with van der Waals surface area (Å²) in [5.74, 6) is 0.465. The van der Waals surface area contributed by atoms with Crippen LogP contribution >= 0.6 is 0 Å². The molecule has 2 aromatic heterocycles. The number of aromatic amines is 1. The Morgan fingerprint density at radius 3 is 2.55 bits per heavy atom. The Kier molecular flexibility index (Phi) is 4.83. The number of anilines is 1. The van der Waals surface area contributed by atoms with Crippen LogP contribution in [0.2, 0.25) is 0 Å². The Labute approximate surface area is 164 Å². The van der Waals surface area contributed by atoms with Crippen molar-refractivity contribution in [1.29, 1.82) is 0 Å². The number of benzene rings is 1. The first kappa shape index (κ1) is 19.1. The molecule has 6 nitrogen and oxygen atoms in total. The molecule has 1 aliphatic heterocycles. The van der Waals surface area contributed by atoms with Gasteiger partial charge < -0.3 is 10.7 Å². The molecule has 0 spiro atoms. The van der Waals surface area contributed by atoms with Gasteiger partial charge in [0, 0.05) is 42.6 Å². The Hall–Kier alpha value is -3.20. The number of H-pyrrole nitrogens is 1. The summed E-state index contributed by atoms with van der Waals surface area (Å²) in [6.45, 7) is 1.47. The SMILES string of the molecule is Nc1ccc(-c2nc3c(c(=O)[nH]2)CCN(Cc2ccc(C(F)(F)F)nc2)C3)cc1. The standard InChI is InChI=1S/C20H18F3N5O/c21-20(22,23)17-6-1-12(9-25-17)10-28-8-7-15-16(11-28)26-18(27-19(15)29)13-2-4-14(24)5-3-13/h1-6,9H,7-8,10-11,24H2,(H,26,27,29). The van der Waals surface area contributed by atoms with Crippen molar-refractivity contribution in [2.45, 2.75) is 25.7 Å². The van der Waals surface area contributed by atoms with Gasteiger partial charge in [-0.3, -0.25) is 14.7 Å². The maximum Gasteiger partial charge on any atom is 0.433 e. The maximum atomic E-state index is 12.7. The third-order valence-corrected chi connectivity index (χ3v) is 4.86. The molecule has 1 aliphatic rings. The summed E-state index contributed by atoms with van der Waals surface area (Å²) < 4.78 is 38.0. The highest BCUT2D eigenvalue weighted by Crippen LogP contribution is 2.27. The largest absolute Gasteiger partial charge is 0.433 e. The van der Waals surface area contributed by atoms with Gasteiger partial charge in [0.05, 0.1) is 5.69 Å². The topological polar surface area (TPSA) is 87.9 Å². The monoisotopic (exact) mass is 401 g/mol. The van der Waals surface area contributed by atoms with E-state index in [1.807, 2.05) is 4.90 Å². The second-order valence-corrected chi connectivity index (χ2v) is 6.97. The third kappa shape index (κ3) is 4.14. The van der Waals surface area contributed by atoms with Gasteiger partial charge in [0.2, 0.25) is 0 Å². The fraction of sp³-hybridized carbons (Fsp3) is 0.250. The molecule has 3 aromatic rings. The van der Waals surface area contributed by atoms with Gasteiger partial charge in [-0.25, -0.2) is 4.98 Å². The molecule has 4 rings (SSSR count). The van der Waals surface area contributed by atoms with Crippen LogP contribution < -0.4 is 11.3 Å². The zero-order valence-electron chi connectivity index (χ0n) is 15.3. The molecule has 1 aromatic carbocycles. The van der Waals surface area contributed by atoms with E-state index in [4.69, 9.17) is 5.73 Å². The van der Waals surface area contributed by atoms with E-state index in [1.165, 1.54) is 12.3 Å². The number of fused-ring (bicyclic) bond motifs is 1. The predicted molar refractivity (Wildman–Crippen MR) is 102 cm³/mol. The average Bonchev–Trinajstić information content (AvgIpc) is 2.68. The molecule has 150 valence electrons. The number of halogens is 3. The number of nitrogens with zero attached hydrogens (tertiary/aromatic N) is 3. The average molecular weight is 401 g/mol. The molecular weight excluding hydrogens is 383 g/mol. The van der Waals surface area contributed by atoms with Crippen molar-refractivity contribution in [3.05, 3.63) is 75.5 Å². The highest BCUT2D eigenvalue weighted by Gasteiger charge is 2.32. The minimum atomic E-state index is -4.45. The normalized spacial score (nSPS) is 14.6. The number of aromatic nitrogens is 3. The lowest BCUT2D eigenvalue weighted by Crippen LogP contribution is -2.35. The minimum Gasteiger partial charge on any atom is -0.399 e. The molecule has 0 fully saturated rings. The minimum absolute atomic E-state index is 0.169. The number of rotatable bonds is 3. The number of nitrogen functional groups attached to an aromatic ring is 1. The number of nitrogens with one attached hydrogen (secondary N) is 1. The first-order valence-corrected chi connectivity index (χ1v) is 9.02. The van der Waals surface area contributed by atoms with E-state index in [1.54, 1.807) is 24.3 Å². The van der Waals surface area contributed by atoms with Crippen LogP contribution in [-0.2, 0) is 25.7 Å². The zero-order chi connectivity index (χ0) is 20.6. The van der Waals surface area contributed by atoms with Crippen LogP contribution in [-0.4, -0.2) is 26.4 Å². The van der Waals surface area contributed by atoms with Crippen molar-refractivity contribution >= 4 is 5.69 Å². The molecule has 0 saturated carbocycles. The van der Waals surface area contributed by atoms with Gasteiger partial charge in [0.25, 0.3) is 5.56 Å². The fourth-order valence-electron chi connectivity index (χ4n) is 3.35. The molecule has 0 unspecified atom stereocenters. The lowest BCUT2D eigenvalue weighted by Gasteiger charge is -2.27. The van der Waals surface area contributed by atoms with E-state index in [9.17, 15) is 18.0 Å². The number of pyridine rings is 1. The number of nitrogens with two attached hydrogens (primary N) is 1. The summed E-state index contributed by atoms with van der Waals surface area (Å²) in [5, 5.41) is 0. The van der Waals surface area contributed by atoms with Crippen LogP contribution in [0.4, 0.5) is 18.9 Å². The maximum absolute atomic E-state index is 12.7. The molecule has 0 bridgehead atoms. The van der Waals surface area contributed by atoms with Crippen LogP contribution in [0.1, 0.15) is 22.5 Å². The number of hydrogen-bond acceptors (Lipinski definition) is 5. The third-order valence-electron chi connectivity index (χ3n) is 4.86. The Bertz CT molecular complexity index is 1080. The number of alkyl halides is 3. The van der Waals surface area contributed by atoms with Crippen molar-refractivity contribution in [3.8, 4) is 11.4 Å². The van der Waals surface area contributed by atoms with Crippen molar-refractivity contribution in [3.63, 3.8) is 0 Å². The van der Waals surface area contributed by atoms with Crippen LogP contribution in [0.15, 0.2) is 47.4 Å². The first-order valence-electron chi connectivity index (χ1n) is 9.02.